The third-order valence-electron chi connectivity index (χ3n) is 1.64. The van der Waals surface area contributed by atoms with E-state index in [2.05, 4.69) is 10.3 Å². The van der Waals surface area contributed by atoms with E-state index < -0.39 is 0 Å². The van der Waals surface area contributed by atoms with Gasteiger partial charge in [0, 0.05) is 18.3 Å². The molecule has 76 valence electrons. The number of aliphatic hydroxyl groups excluding tert-OH is 2. The average molecular weight is 196 g/mol. The Labute approximate surface area is 81.4 Å². The summed E-state index contributed by atoms with van der Waals surface area (Å²) in [5.74, 6) is -0.281. The highest BCUT2D eigenvalue weighted by Crippen LogP contribution is 2.01. The Bertz CT molecular complexity index is 315. The second-order valence-electron chi connectivity index (χ2n) is 2.67. The average Bonchev–Trinajstić information content (AvgIpc) is 2.26. The lowest BCUT2D eigenvalue weighted by Crippen LogP contribution is -2.26. The first-order valence-corrected chi connectivity index (χ1v) is 4.22. The zero-order valence-corrected chi connectivity index (χ0v) is 7.60. The van der Waals surface area contributed by atoms with Crippen molar-refractivity contribution in [1.82, 2.24) is 10.3 Å². The zero-order chi connectivity index (χ0) is 10.4. The van der Waals surface area contributed by atoms with Crippen LogP contribution < -0.4 is 5.32 Å². The van der Waals surface area contributed by atoms with Crippen LogP contribution in [0, 0.1) is 0 Å². The van der Waals surface area contributed by atoms with Crippen molar-refractivity contribution in [3.05, 3.63) is 29.6 Å². The summed E-state index contributed by atoms with van der Waals surface area (Å²) in [6.07, 6.45) is 1.46. The molecule has 1 aromatic heterocycles. The van der Waals surface area contributed by atoms with Gasteiger partial charge in [0.25, 0.3) is 5.91 Å². The minimum atomic E-state index is -0.281. The molecule has 0 aromatic carbocycles. The fourth-order valence-electron chi connectivity index (χ4n) is 0.977. The van der Waals surface area contributed by atoms with Crippen LogP contribution in [0.4, 0.5) is 0 Å². The molecule has 0 aliphatic heterocycles. The van der Waals surface area contributed by atoms with Gasteiger partial charge in [-0.25, -0.2) is 0 Å². The number of rotatable bonds is 4. The molecule has 0 saturated carbocycles. The number of carbonyl (C=O) groups excluding carboxylic acids is 1. The largest absolute Gasteiger partial charge is 0.395 e. The zero-order valence-electron chi connectivity index (χ0n) is 7.60. The fraction of sp³-hybridized carbons (Fsp3) is 0.333. The van der Waals surface area contributed by atoms with Gasteiger partial charge in [-0.15, -0.1) is 0 Å². The lowest BCUT2D eigenvalue weighted by Gasteiger charge is -2.03. The summed E-state index contributed by atoms with van der Waals surface area (Å²) in [6.45, 7) is -0.0690. The molecule has 0 fully saturated rings. The van der Waals surface area contributed by atoms with E-state index in [1.165, 1.54) is 12.3 Å². The van der Waals surface area contributed by atoms with Gasteiger partial charge in [0.1, 0.15) is 0 Å². The molecule has 1 heterocycles. The topological polar surface area (TPSA) is 82.5 Å². The highest BCUT2D eigenvalue weighted by atomic mass is 16.3. The predicted octanol–water partition coefficient (Wildman–Crippen LogP) is -0.704. The Kier molecular flexibility index (Phi) is 4.03. The monoisotopic (exact) mass is 196 g/mol. The van der Waals surface area contributed by atoms with Crippen molar-refractivity contribution >= 4 is 5.91 Å². The second kappa shape index (κ2) is 5.31. The van der Waals surface area contributed by atoms with E-state index in [0.29, 0.717) is 11.3 Å². The van der Waals surface area contributed by atoms with E-state index >= 15 is 0 Å². The maximum absolute atomic E-state index is 11.3. The fourth-order valence-corrected chi connectivity index (χ4v) is 0.977. The van der Waals surface area contributed by atoms with Crippen LogP contribution in [-0.2, 0) is 6.61 Å². The van der Waals surface area contributed by atoms with Crippen molar-refractivity contribution in [2.45, 2.75) is 6.61 Å². The quantitative estimate of drug-likeness (QED) is 0.594. The van der Waals surface area contributed by atoms with E-state index in [0.717, 1.165) is 0 Å². The standard InChI is InChI=1S/C9H12N2O3/c12-4-3-11-9(14)7-1-2-10-8(5-7)6-13/h1-2,5,12-13H,3-4,6H2,(H,11,14). The number of nitrogens with zero attached hydrogens (tertiary/aromatic N) is 1. The van der Waals surface area contributed by atoms with Gasteiger partial charge in [-0.1, -0.05) is 0 Å². The third kappa shape index (κ3) is 2.79. The van der Waals surface area contributed by atoms with Crippen LogP contribution >= 0.6 is 0 Å². The molecule has 1 aromatic rings. The summed E-state index contributed by atoms with van der Waals surface area (Å²) >= 11 is 0. The molecule has 0 aliphatic rings. The summed E-state index contributed by atoms with van der Waals surface area (Å²) in [6, 6.07) is 3.05. The highest BCUT2D eigenvalue weighted by molar-refractivity contribution is 5.94. The van der Waals surface area contributed by atoms with Gasteiger partial charge in [0.15, 0.2) is 0 Å². The minimum absolute atomic E-state index is 0.0936. The molecule has 0 atom stereocenters. The Hall–Kier alpha value is -1.46. The van der Waals surface area contributed by atoms with Crippen LogP contribution in [0.15, 0.2) is 18.3 Å². The normalized spacial score (nSPS) is 9.86. The first-order chi connectivity index (χ1) is 6.77. The van der Waals surface area contributed by atoms with E-state index in [9.17, 15) is 4.79 Å². The van der Waals surface area contributed by atoms with Crippen molar-refractivity contribution in [2.75, 3.05) is 13.2 Å². The van der Waals surface area contributed by atoms with Crippen LogP contribution in [0.5, 0.6) is 0 Å². The molecule has 0 saturated heterocycles. The van der Waals surface area contributed by atoms with Crippen LogP contribution in [0.2, 0.25) is 0 Å². The van der Waals surface area contributed by atoms with E-state index in [1.54, 1.807) is 6.07 Å². The Balaban J connectivity index is 2.69. The first kappa shape index (κ1) is 10.6. The highest BCUT2D eigenvalue weighted by Gasteiger charge is 2.04. The maximum atomic E-state index is 11.3. The summed E-state index contributed by atoms with van der Waals surface area (Å²) in [5.41, 5.74) is 0.874. The summed E-state index contributed by atoms with van der Waals surface area (Å²) in [7, 11) is 0. The number of aliphatic hydroxyl groups is 2. The number of hydrogen-bond acceptors (Lipinski definition) is 4. The van der Waals surface area contributed by atoms with Gasteiger partial charge in [-0.2, -0.15) is 0 Å². The summed E-state index contributed by atoms with van der Waals surface area (Å²) in [4.78, 5) is 15.2. The Morgan fingerprint density at radius 1 is 1.50 bits per heavy atom. The number of carbonyl (C=O) groups is 1. The molecule has 5 nitrogen and oxygen atoms in total. The van der Waals surface area contributed by atoms with Gasteiger partial charge in [0.05, 0.1) is 18.9 Å². The van der Waals surface area contributed by atoms with Crippen LogP contribution in [0.25, 0.3) is 0 Å². The van der Waals surface area contributed by atoms with Gasteiger partial charge >= 0.3 is 0 Å². The van der Waals surface area contributed by atoms with E-state index in [4.69, 9.17) is 10.2 Å². The number of amides is 1. The van der Waals surface area contributed by atoms with Gasteiger partial charge in [0.2, 0.25) is 0 Å². The van der Waals surface area contributed by atoms with Crippen molar-refractivity contribution in [1.29, 1.82) is 0 Å². The smallest absolute Gasteiger partial charge is 0.251 e. The molecule has 1 rings (SSSR count). The van der Waals surface area contributed by atoms with Crippen molar-refractivity contribution in [3.8, 4) is 0 Å². The molecule has 0 radical (unpaired) electrons. The first-order valence-electron chi connectivity index (χ1n) is 4.22. The van der Waals surface area contributed by atoms with Crippen LogP contribution in [0.1, 0.15) is 16.1 Å². The van der Waals surface area contributed by atoms with Crippen molar-refractivity contribution in [3.63, 3.8) is 0 Å². The van der Waals surface area contributed by atoms with E-state index in [-0.39, 0.29) is 25.7 Å². The predicted molar refractivity (Wildman–Crippen MR) is 49.6 cm³/mol. The lowest BCUT2D eigenvalue weighted by molar-refractivity contribution is 0.0944. The number of hydrogen-bond donors (Lipinski definition) is 3. The minimum Gasteiger partial charge on any atom is -0.395 e. The molecular weight excluding hydrogens is 184 g/mol. The van der Waals surface area contributed by atoms with Crippen molar-refractivity contribution < 1.29 is 15.0 Å². The molecule has 0 bridgehead atoms. The third-order valence-corrected chi connectivity index (χ3v) is 1.64. The molecule has 0 unspecified atom stereocenters. The number of aromatic nitrogens is 1. The molecule has 14 heavy (non-hydrogen) atoms. The van der Waals surface area contributed by atoms with Crippen molar-refractivity contribution in [2.24, 2.45) is 0 Å². The van der Waals surface area contributed by atoms with Gasteiger partial charge < -0.3 is 15.5 Å². The number of pyridine rings is 1. The summed E-state index contributed by atoms with van der Waals surface area (Å²) < 4.78 is 0. The lowest BCUT2D eigenvalue weighted by atomic mass is 10.2. The molecule has 5 heteroatoms. The molecule has 1 amide bonds. The molecule has 0 spiro atoms. The molecular formula is C9H12N2O3. The molecule has 3 N–H and O–H groups in total. The maximum Gasteiger partial charge on any atom is 0.251 e. The van der Waals surface area contributed by atoms with Crippen LogP contribution in [-0.4, -0.2) is 34.3 Å². The summed E-state index contributed by atoms with van der Waals surface area (Å²) in [5, 5.41) is 19.8. The van der Waals surface area contributed by atoms with Crippen LogP contribution in [0.3, 0.4) is 0 Å². The SMILES string of the molecule is O=C(NCCO)c1ccnc(CO)c1. The Morgan fingerprint density at radius 2 is 2.29 bits per heavy atom. The van der Waals surface area contributed by atoms with Gasteiger partial charge in [-0.3, -0.25) is 9.78 Å². The number of nitrogens with one attached hydrogen (secondary N) is 1. The second-order valence-corrected chi connectivity index (χ2v) is 2.67. The van der Waals surface area contributed by atoms with E-state index in [1.807, 2.05) is 0 Å². The molecule has 0 aliphatic carbocycles. The Morgan fingerprint density at radius 3 is 2.93 bits per heavy atom. The van der Waals surface area contributed by atoms with Gasteiger partial charge in [-0.05, 0) is 12.1 Å².